The monoisotopic (exact) mass is 146 g/mol. The number of hydrogen-bond donors (Lipinski definition) is 1. The highest BCUT2D eigenvalue weighted by Crippen LogP contribution is 2.04. The van der Waals surface area contributed by atoms with Gasteiger partial charge in [0, 0.05) is 0 Å². The number of nitrogens with zero attached hydrogens (tertiary/aromatic N) is 1. The molecule has 0 amide bonds. The molecule has 0 saturated heterocycles. The van der Waals surface area contributed by atoms with Gasteiger partial charge in [-0.1, -0.05) is 24.8 Å². The second kappa shape index (κ2) is 4.26. The van der Waals surface area contributed by atoms with Crippen molar-refractivity contribution in [3.63, 3.8) is 0 Å². The topological polar surface area (TPSA) is 58.8 Å². The third-order valence-corrected chi connectivity index (χ3v) is 1.25. The van der Waals surface area contributed by atoms with Crippen LogP contribution in [0.3, 0.4) is 0 Å². The average molecular weight is 146 g/mol. The van der Waals surface area contributed by atoms with Gasteiger partial charge < -0.3 is 6.15 Å². The van der Waals surface area contributed by atoms with Crippen molar-refractivity contribution in [1.82, 2.24) is 6.15 Å². The number of nitriles is 1. The van der Waals surface area contributed by atoms with Crippen LogP contribution in [0, 0.1) is 11.3 Å². The Morgan fingerprint density at radius 3 is 2.73 bits per heavy atom. The van der Waals surface area contributed by atoms with Gasteiger partial charge in [0.15, 0.2) is 0 Å². The molecule has 0 atom stereocenters. The summed E-state index contributed by atoms with van der Waals surface area (Å²) in [6.45, 7) is 3.60. The number of hydrogen-bond acceptors (Lipinski definition) is 2. The van der Waals surface area contributed by atoms with Crippen LogP contribution < -0.4 is 6.15 Å². The lowest BCUT2D eigenvalue weighted by Gasteiger charge is -1.90. The summed E-state index contributed by atoms with van der Waals surface area (Å²) in [5.74, 6) is 0. The SMILES string of the molecule is C=Cc1cccc(C#N)c1.N. The first kappa shape index (κ1) is 9.41. The van der Waals surface area contributed by atoms with Crippen molar-refractivity contribution < 1.29 is 0 Å². The van der Waals surface area contributed by atoms with Gasteiger partial charge >= 0.3 is 0 Å². The predicted octanol–water partition coefficient (Wildman–Crippen LogP) is 2.36. The lowest BCUT2D eigenvalue weighted by Crippen LogP contribution is -1.74. The zero-order valence-corrected chi connectivity index (χ0v) is 6.25. The fourth-order valence-corrected chi connectivity index (χ4v) is 0.735. The number of rotatable bonds is 1. The Balaban J connectivity index is 0.000001000. The number of benzene rings is 1. The molecule has 0 aliphatic carbocycles. The molecule has 2 heteroatoms. The van der Waals surface area contributed by atoms with E-state index in [-0.39, 0.29) is 6.15 Å². The molecule has 0 aromatic heterocycles. The first-order valence-corrected chi connectivity index (χ1v) is 2.99. The van der Waals surface area contributed by atoms with Crippen LogP contribution in [-0.2, 0) is 0 Å². The molecule has 0 bridgehead atoms. The first-order chi connectivity index (χ1) is 4.86. The molecule has 1 aromatic carbocycles. The van der Waals surface area contributed by atoms with Gasteiger partial charge in [0.2, 0.25) is 0 Å². The van der Waals surface area contributed by atoms with E-state index in [2.05, 4.69) is 12.6 Å². The Kier molecular flexibility index (Phi) is 3.65. The molecule has 0 radical (unpaired) electrons. The van der Waals surface area contributed by atoms with Gasteiger partial charge in [0.25, 0.3) is 0 Å². The lowest BCUT2D eigenvalue weighted by atomic mass is 10.1. The summed E-state index contributed by atoms with van der Waals surface area (Å²) in [5.41, 5.74) is 1.66. The Hall–Kier alpha value is -1.59. The normalized spacial score (nSPS) is 7.55. The van der Waals surface area contributed by atoms with Crippen molar-refractivity contribution in [3.8, 4) is 6.07 Å². The fourth-order valence-electron chi connectivity index (χ4n) is 0.735. The molecule has 11 heavy (non-hydrogen) atoms. The van der Waals surface area contributed by atoms with Gasteiger partial charge in [-0.25, -0.2) is 0 Å². The van der Waals surface area contributed by atoms with Crippen molar-refractivity contribution in [2.24, 2.45) is 0 Å². The van der Waals surface area contributed by atoms with Crippen LogP contribution in [0.1, 0.15) is 11.1 Å². The van der Waals surface area contributed by atoms with E-state index in [0.717, 1.165) is 5.56 Å². The van der Waals surface area contributed by atoms with Crippen molar-refractivity contribution in [3.05, 3.63) is 42.0 Å². The summed E-state index contributed by atoms with van der Waals surface area (Å²) in [6, 6.07) is 9.38. The van der Waals surface area contributed by atoms with Gasteiger partial charge in [-0.2, -0.15) is 5.26 Å². The third kappa shape index (κ3) is 2.24. The van der Waals surface area contributed by atoms with Crippen LogP contribution in [0.5, 0.6) is 0 Å². The van der Waals surface area contributed by atoms with Gasteiger partial charge in [-0.15, -0.1) is 0 Å². The molecule has 1 rings (SSSR count). The highest BCUT2D eigenvalue weighted by molar-refractivity contribution is 5.50. The van der Waals surface area contributed by atoms with E-state index in [1.165, 1.54) is 0 Å². The molecular formula is C9H10N2. The summed E-state index contributed by atoms with van der Waals surface area (Å²) in [6.07, 6.45) is 1.72. The zero-order chi connectivity index (χ0) is 7.40. The van der Waals surface area contributed by atoms with E-state index in [9.17, 15) is 0 Å². The van der Waals surface area contributed by atoms with Crippen molar-refractivity contribution in [1.29, 1.82) is 5.26 Å². The van der Waals surface area contributed by atoms with Crippen LogP contribution in [-0.4, -0.2) is 0 Å². The Morgan fingerprint density at radius 1 is 1.45 bits per heavy atom. The minimum absolute atomic E-state index is 0. The summed E-state index contributed by atoms with van der Waals surface area (Å²) in [7, 11) is 0. The molecule has 0 aliphatic heterocycles. The van der Waals surface area contributed by atoms with Gasteiger partial charge in [-0.3, -0.25) is 0 Å². The maximum atomic E-state index is 8.47. The van der Waals surface area contributed by atoms with E-state index in [1.807, 2.05) is 12.1 Å². The van der Waals surface area contributed by atoms with Gasteiger partial charge in [0.1, 0.15) is 0 Å². The van der Waals surface area contributed by atoms with Gasteiger partial charge in [-0.05, 0) is 17.7 Å². The molecule has 3 N–H and O–H groups in total. The summed E-state index contributed by atoms with van der Waals surface area (Å²) in [4.78, 5) is 0. The van der Waals surface area contributed by atoms with Crippen LogP contribution in [0.2, 0.25) is 0 Å². The zero-order valence-electron chi connectivity index (χ0n) is 6.25. The molecule has 0 aliphatic rings. The Labute approximate surface area is 66.4 Å². The second-order valence-electron chi connectivity index (χ2n) is 1.94. The standard InChI is InChI=1S/C9H7N.H3N/c1-2-8-4-3-5-9(6-8)7-10;/h2-6H,1H2;1H3. The minimum atomic E-state index is 0. The minimum Gasteiger partial charge on any atom is -0.344 e. The Bertz CT molecular complexity index is 284. The van der Waals surface area contributed by atoms with Crippen LogP contribution in [0.4, 0.5) is 0 Å². The van der Waals surface area contributed by atoms with Crippen molar-refractivity contribution >= 4 is 6.08 Å². The summed E-state index contributed by atoms with van der Waals surface area (Å²) < 4.78 is 0. The van der Waals surface area contributed by atoms with E-state index in [0.29, 0.717) is 5.56 Å². The summed E-state index contributed by atoms with van der Waals surface area (Å²) in [5, 5.41) is 8.47. The molecule has 1 aromatic rings. The highest BCUT2D eigenvalue weighted by atomic mass is 14.2. The molecular weight excluding hydrogens is 136 g/mol. The van der Waals surface area contributed by atoms with Crippen molar-refractivity contribution in [2.45, 2.75) is 0 Å². The summed E-state index contributed by atoms with van der Waals surface area (Å²) >= 11 is 0. The molecule has 2 nitrogen and oxygen atoms in total. The van der Waals surface area contributed by atoms with E-state index in [1.54, 1.807) is 18.2 Å². The van der Waals surface area contributed by atoms with Crippen molar-refractivity contribution in [2.75, 3.05) is 0 Å². The second-order valence-corrected chi connectivity index (χ2v) is 1.94. The maximum absolute atomic E-state index is 8.47. The molecule has 56 valence electrons. The predicted molar refractivity (Wildman–Crippen MR) is 46.3 cm³/mol. The molecule has 0 saturated carbocycles. The smallest absolute Gasteiger partial charge is 0.0991 e. The fraction of sp³-hybridized carbons (Fsp3) is 0. The highest BCUT2D eigenvalue weighted by Gasteiger charge is 1.87. The molecule has 0 heterocycles. The maximum Gasteiger partial charge on any atom is 0.0991 e. The molecule has 0 fully saturated rings. The van der Waals surface area contributed by atoms with E-state index in [4.69, 9.17) is 5.26 Å². The van der Waals surface area contributed by atoms with E-state index >= 15 is 0 Å². The van der Waals surface area contributed by atoms with Crippen LogP contribution in [0.25, 0.3) is 6.08 Å². The van der Waals surface area contributed by atoms with Crippen LogP contribution >= 0.6 is 0 Å². The first-order valence-electron chi connectivity index (χ1n) is 2.99. The quantitative estimate of drug-likeness (QED) is 0.661. The molecule has 0 spiro atoms. The average Bonchev–Trinajstić information content (AvgIpc) is 2.05. The van der Waals surface area contributed by atoms with E-state index < -0.39 is 0 Å². The van der Waals surface area contributed by atoms with Gasteiger partial charge in [0.05, 0.1) is 11.6 Å². The third-order valence-electron chi connectivity index (χ3n) is 1.25. The van der Waals surface area contributed by atoms with Crippen LogP contribution in [0.15, 0.2) is 30.8 Å². The lowest BCUT2D eigenvalue weighted by molar-refractivity contribution is 1.48. The largest absolute Gasteiger partial charge is 0.344 e. The molecule has 0 unspecified atom stereocenters. The Morgan fingerprint density at radius 2 is 2.18 bits per heavy atom.